The minimum Gasteiger partial charge on any atom is -0.491 e. The molecule has 0 aliphatic carbocycles. The van der Waals surface area contributed by atoms with Crippen LogP contribution in [0.5, 0.6) is 5.75 Å². The maximum atomic E-state index is 12.7. The van der Waals surface area contributed by atoms with Crippen LogP contribution in [0.3, 0.4) is 0 Å². The number of nitrogens with one attached hydrogen (secondary N) is 1. The number of rotatable bonds is 9. The molecular formula is C29H24FN3O2. The minimum atomic E-state index is -0.841. The van der Waals surface area contributed by atoms with E-state index in [1.54, 1.807) is 12.1 Å². The summed E-state index contributed by atoms with van der Waals surface area (Å²) in [6.07, 6.45) is 0.608. The first-order chi connectivity index (χ1) is 17.3. The third-order valence-electron chi connectivity index (χ3n) is 6.09. The fraction of sp³-hybridized carbons (Fsp3) is 0.103. The van der Waals surface area contributed by atoms with Crippen molar-refractivity contribution in [2.75, 3.05) is 18.6 Å². The lowest BCUT2D eigenvalue weighted by molar-refractivity contribution is -0.105. The van der Waals surface area contributed by atoms with E-state index < -0.39 is 12.2 Å². The predicted molar refractivity (Wildman–Crippen MR) is 135 cm³/mol. The highest BCUT2D eigenvalue weighted by Crippen LogP contribution is 2.43. The first kappa shape index (κ1) is 22.3. The number of amides is 1. The zero-order valence-corrected chi connectivity index (χ0v) is 19.0. The molecule has 4 aromatic carbocycles. The average Bonchev–Trinajstić information content (AvgIpc) is 3.28. The van der Waals surface area contributed by atoms with Crippen LogP contribution in [-0.4, -0.2) is 29.5 Å². The van der Waals surface area contributed by atoms with Gasteiger partial charge in [0.05, 0.1) is 5.52 Å². The molecule has 1 heterocycles. The van der Waals surface area contributed by atoms with E-state index in [0.29, 0.717) is 23.4 Å². The molecular weight excluding hydrogens is 441 g/mol. The van der Waals surface area contributed by atoms with Crippen molar-refractivity contribution in [2.24, 2.45) is 0 Å². The van der Waals surface area contributed by atoms with Gasteiger partial charge in [-0.25, -0.2) is 9.07 Å². The van der Waals surface area contributed by atoms with Crippen LogP contribution in [0.2, 0.25) is 0 Å². The number of alkyl halides is 1. The van der Waals surface area contributed by atoms with E-state index in [1.807, 2.05) is 65.3 Å². The number of carbonyl (C=O) groups excluding carboxylic acids is 1. The lowest BCUT2D eigenvalue weighted by Gasteiger charge is -2.37. The molecule has 6 heteroatoms. The van der Waals surface area contributed by atoms with Crippen molar-refractivity contribution >= 4 is 23.1 Å². The topological polar surface area (TPSA) is 56.2 Å². The van der Waals surface area contributed by atoms with Gasteiger partial charge in [0.25, 0.3) is 0 Å². The van der Waals surface area contributed by atoms with Crippen LogP contribution in [0, 0.1) is 0 Å². The van der Waals surface area contributed by atoms with Crippen molar-refractivity contribution in [1.82, 2.24) is 9.78 Å². The van der Waals surface area contributed by atoms with Gasteiger partial charge < -0.3 is 10.1 Å². The van der Waals surface area contributed by atoms with E-state index in [4.69, 9.17) is 9.84 Å². The van der Waals surface area contributed by atoms with E-state index in [0.717, 1.165) is 22.2 Å². The Balaban J connectivity index is 1.89. The molecule has 0 bridgehead atoms. The molecule has 0 unspecified atom stereocenters. The van der Waals surface area contributed by atoms with Gasteiger partial charge in [-0.1, -0.05) is 91.0 Å². The highest BCUT2D eigenvalue weighted by atomic mass is 19.1. The van der Waals surface area contributed by atoms with Gasteiger partial charge in [0.15, 0.2) is 5.82 Å². The summed E-state index contributed by atoms with van der Waals surface area (Å²) >= 11 is 0. The molecule has 0 aliphatic rings. The molecule has 0 saturated heterocycles. The van der Waals surface area contributed by atoms with Crippen molar-refractivity contribution in [2.45, 2.75) is 5.54 Å². The van der Waals surface area contributed by atoms with Crippen molar-refractivity contribution in [3.63, 3.8) is 0 Å². The molecule has 0 saturated carbocycles. The van der Waals surface area contributed by atoms with Crippen molar-refractivity contribution in [3.05, 3.63) is 126 Å². The van der Waals surface area contributed by atoms with Crippen molar-refractivity contribution in [3.8, 4) is 5.75 Å². The maximum Gasteiger partial charge on any atom is 0.212 e. The summed E-state index contributed by atoms with van der Waals surface area (Å²) in [7, 11) is 0. The lowest BCUT2D eigenvalue weighted by atomic mass is 9.77. The van der Waals surface area contributed by atoms with E-state index >= 15 is 0 Å². The second kappa shape index (κ2) is 9.81. The SMILES string of the molecule is O=CNc1nn(C(c2ccccc2)(c2ccccc2)c2ccccc2)c2ccc(OCCF)cc12. The summed E-state index contributed by atoms with van der Waals surface area (Å²) in [5.41, 5.74) is 2.98. The number of aromatic nitrogens is 2. The Morgan fingerprint density at radius 3 is 1.86 bits per heavy atom. The molecule has 1 amide bonds. The fourth-order valence-corrected chi connectivity index (χ4v) is 4.67. The van der Waals surface area contributed by atoms with Crippen LogP contribution in [0.25, 0.3) is 10.9 Å². The molecule has 0 spiro atoms. The van der Waals surface area contributed by atoms with Gasteiger partial charge in [-0.15, -0.1) is 0 Å². The molecule has 1 N–H and O–H groups in total. The molecule has 174 valence electrons. The third-order valence-corrected chi connectivity index (χ3v) is 6.09. The average molecular weight is 466 g/mol. The normalized spacial score (nSPS) is 11.3. The first-order valence-electron chi connectivity index (χ1n) is 11.4. The number of carbonyl (C=O) groups is 1. The van der Waals surface area contributed by atoms with E-state index in [-0.39, 0.29) is 6.61 Å². The zero-order valence-electron chi connectivity index (χ0n) is 19.0. The van der Waals surface area contributed by atoms with Crippen LogP contribution in [0.15, 0.2) is 109 Å². The highest BCUT2D eigenvalue weighted by molar-refractivity contribution is 5.95. The molecule has 0 fully saturated rings. The maximum absolute atomic E-state index is 12.7. The van der Waals surface area contributed by atoms with Gasteiger partial charge in [-0.05, 0) is 34.9 Å². The van der Waals surface area contributed by atoms with Gasteiger partial charge in [0.1, 0.15) is 24.6 Å². The standard InChI is InChI=1S/C29H24FN3O2/c30-18-19-35-25-16-17-27-26(20-25)28(31-21-34)32-33(27)29(22-10-4-1-5-11-22,23-12-6-2-7-13-23)24-14-8-3-9-15-24/h1-17,20-21H,18-19H2,(H,31,32,34). The first-order valence-corrected chi connectivity index (χ1v) is 11.4. The summed E-state index contributed by atoms with van der Waals surface area (Å²) < 4.78 is 20.2. The number of hydrogen-bond donors (Lipinski definition) is 1. The second-order valence-corrected chi connectivity index (χ2v) is 8.05. The number of hydrogen-bond acceptors (Lipinski definition) is 3. The summed E-state index contributed by atoms with van der Waals surface area (Å²) in [5, 5.41) is 8.38. The monoisotopic (exact) mass is 465 g/mol. The third kappa shape index (κ3) is 3.93. The second-order valence-electron chi connectivity index (χ2n) is 8.05. The van der Waals surface area contributed by atoms with Crippen LogP contribution < -0.4 is 10.1 Å². The van der Waals surface area contributed by atoms with Crippen LogP contribution >= 0.6 is 0 Å². The van der Waals surface area contributed by atoms with E-state index in [9.17, 15) is 9.18 Å². The number of fused-ring (bicyclic) bond motifs is 1. The molecule has 0 atom stereocenters. The summed E-state index contributed by atoms with van der Waals surface area (Å²) in [6, 6.07) is 36.0. The van der Waals surface area contributed by atoms with Gasteiger partial charge in [0, 0.05) is 5.39 Å². The Kier molecular flexibility index (Phi) is 6.26. The van der Waals surface area contributed by atoms with E-state index in [1.165, 1.54) is 0 Å². The van der Waals surface area contributed by atoms with Crippen molar-refractivity contribution < 1.29 is 13.9 Å². The number of nitrogens with zero attached hydrogens (tertiary/aromatic N) is 2. The number of halogens is 1. The molecule has 1 aromatic heterocycles. The number of ether oxygens (including phenoxy) is 1. The molecule has 35 heavy (non-hydrogen) atoms. The number of anilines is 1. The van der Waals surface area contributed by atoms with Crippen LogP contribution in [-0.2, 0) is 10.3 Å². The smallest absolute Gasteiger partial charge is 0.212 e. The zero-order chi connectivity index (χ0) is 24.1. The summed E-state index contributed by atoms with van der Waals surface area (Å²) in [4.78, 5) is 11.5. The number of benzene rings is 4. The van der Waals surface area contributed by atoms with Gasteiger partial charge in [-0.3, -0.25) is 4.79 Å². The Morgan fingerprint density at radius 1 is 0.829 bits per heavy atom. The largest absolute Gasteiger partial charge is 0.491 e. The predicted octanol–water partition coefficient (Wildman–Crippen LogP) is 5.79. The summed E-state index contributed by atoms with van der Waals surface area (Å²) in [6.45, 7) is -0.631. The Bertz CT molecular complexity index is 1320. The van der Waals surface area contributed by atoms with Crippen LogP contribution in [0.4, 0.5) is 10.2 Å². The highest BCUT2D eigenvalue weighted by Gasteiger charge is 2.40. The molecule has 0 aliphatic heterocycles. The molecule has 5 nitrogen and oxygen atoms in total. The fourth-order valence-electron chi connectivity index (χ4n) is 4.67. The van der Waals surface area contributed by atoms with Gasteiger partial charge in [-0.2, -0.15) is 5.10 Å². The molecule has 5 rings (SSSR count). The minimum absolute atomic E-state index is 0.0436. The van der Waals surface area contributed by atoms with E-state index in [2.05, 4.69) is 41.7 Å². The van der Waals surface area contributed by atoms with Crippen LogP contribution in [0.1, 0.15) is 16.7 Å². The summed E-state index contributed by atoms with van der Waals surface area (Å²) in [5.74, 6) is 0.904. The lowest BCUT2D eigenvalue weighted by Crippen LogP contribution is -2.38. The Hall–Kier alpha value is -4.45. The van der Waals surface area contributed by atoms with Gasteiger partial charge >= 0.3 is 0 Å². The Morgan fingerprint density at radius 2 is 1.37 bits per heavy atom. The van der Waals surface area contributed by atoms with Gasteiger partial charge in [0.2, 0.25) is 6.41 Å². The molecule has 5 aromatic rings. The quantitative estimate of drug-likeness (QED) is 0.221. The molecule has 0 radical (unpaired) electrons. The van der Waals surface area contributed by atoms with Crippen molar-refractivity contribution in [1.29, 1.82) is 0 Å². The Labute approximate surface area is 202 Å².